The van der Waals surface area contributed by atoms with Crippen LogP contribution in [0.5, 0.6) is 11.5 Å². The standard InChI is InChI=1S/C29H27F2N7O4.C2HF3O2/c1-17(32)29(39)42-12-11-41-19-13-22(30)21(23(31)14-19)16-38-24-6-4-3-5-20(24)26(37-38)28-34-15-25(40-2)27(36-28)35-18-7-9-33-10-8-18;3-2(4,5)1(6)7/h3-10,13-15,17H,11-12,16,32H2,1-2H3,(H,33,34,35,36);(H,6,7)/t17-;/m0./s1. The second-order valence-electron chi connectivity index (χ2n) is 9.97. The van der Waals surface area contributed by atoms with Crippen LogP contribution in [0.3, 0.4) is 0 Å². The summed E-state index contributed by atoms with van der Waals surface area (Å²) in [5.41, 5.74) is 7.02. The molecule has 5 aromatic rings. The average Bonchev–Trinajstić information content (AvgIpc) is 3.43. The number of benzene rings is 2. The molecule has 3 aromatic heterocycles. The van der Waals surface area contributed by atoms with E-state index in [9.17, 15) is 18.0 Å². The fraction of sp³-hybridized carbons (Fsp3) is 0.226. The number of aliphatic carboxylic acids is 1. The van der Waals surface area contributed by atoms with Crippen molar-refractivity contribution in [3.8, 4) is 23.0 Å². The first-order chi connectivity index (χ1) is 23.3. The zero-order valence-electron chi connectivity index (χ0n) is 25.7. The Morgan fingerprint density at radius 2 is 1.71 bits per heavy atom. The molecular weight excluding hydrogens is 661 g/mol. The van der Waals surface area contributed by atoms with Crippen molar-refractivity contribution in [2.75, 3.05) is 25.6 Å². The van der Waals surface area contributed by atoms with E-state index >= 15 is 8.78 Å². The number of rotatable bonds is 11. The van der Waals surface area contributed by atoms with Crippen LogP contribution in [0, 0.1) is 11.6 Å². The van der Waals surface area contributed by atoms with Crippen LogP contribution in [0.15, 0.2) is 67.1 Å². The molecule has 258 valence electrons. The third-order valence-corrected chi connectivity index (χ3v) is 6.42. The van der Waals surface area contributed by atoms with Gasteiger partial charge in [0.05, 0.1) is 25.4 Å². The van der Waals surface area contributed by atoms with Gasteiger partial charge in [-0.1, -0.05) is 18.2 Å². The lowest BCUT2D eigenvalue weighted by atomic mass is 10.1. The fourth-order valence-corrected chi connectivity index (χ4v) is 4.11. The molecule has 5 rings (SSSR count). The Morgan fingerprint density at radius 3 is 2.33 bits per heavy atom. The minimum Gasteiger partial charge on any atom is -0.491 e. The lowest BCUT2D eigenvalue weighted by molar-refractivity contribution is -0.192. The predicted molar refractivity (Wildman–Crippen MR) is 164 cm³/mol. The monoisotopic (exact) mass is 689 g/mol. The number of carboxylic acid groups (broad SMARTS) is 1. The molecule has 0 aliphatic heterocycles. The molecule has 0 radical (unpaired) electrons. The summed E-state index contributed by atoms with van der Waals surface area (Å²) in [4.78, 5) is 33.4. The van der Waals surface area contributed by atoms with Crippen LogP contribution in [-0.2, 0) is 20.9 Å². The van der Waals surface area contributed by atoms with E-state index in [2.05, 4.69) is 25.4 Å². The van der Waals surface area contributed by atoms with Crippen molar-refractivity contribution in [3.05, 3.63) is 84.3 Å². The molecule has 4 N–H and O–H groups in total. The van der Waals surface area contributed by atoms with Crippen molar-refractivity contribution in [1.82, 2.24) is 24.7 Å². The Morgan fingerprint density at radius 1 is 1.06 bits per heavy atom. The zero-order valence-corrected chi connectivity index (χ0v) is 25.7. The number of esters is 1. The Labute approximate surface area is 274 Å². The lowest BCUT2D eigenvalue weighted by Crippen LogP contribution is -2.29. The first-order valence-corrected chi connectivity index (χ1v) is 14.2. The van der Waals surface area contributed by atoms with Gasteiger partial charge in [-0.3, -0.25) is 14.5 Å². The number of anilines is 2. The highest BCUT2D eigenvalue weighted by molar-refractivity contribution is 5.92. The highest BCUT2D eigenvalue weighted by Gasteiger charge is 2.38. The Kier molecular flexibility index (Phi) is 11.6. The molecule has 0 bridgehead atoms. The number of carboxylic acids is 1. The number of carbonyl (C=O) groups excluding carboxylic acids is 1. The van der Waals surface area contributed by atoms with Crippen LogP contribution in [-0.4, -0.2) is 74.3 Å². The summed E-state index contributed by atoms with van der Waals surface area (Å²) in [5, 5.41) is 15.6. The van der Waals surface area contributed by atoms with Gasteiger partial charge in [-0.15, -0.1) is 0 Å². The number of aromatic nitrogens is 5. The molecule has 0 amide bonds. The zero-order chi connectivity index (χ0) is 35.7. The molecule has 13 nitrogen and oxygen atoms in total. The van der Waals surface area contributed by atoms with Gasteiger partial charge in [-0.25, -0.2) is 23.5 Å². The predicted octanol–water partition coefficient (Wildman–Crippen LogP) is 4.87. The van der Waals surface area contributed by atoms with E-state index in [0.717, 1.165) is 17.8 Å². The first kappa shape index (κ1) is 35.9. The fourth-order valence-electron chi connectivity index (χ4n) is 4.11. The van der Waals surface area contributed by atoms with Gasteiger partial charge in [0.25, 0.3) is 0 Å². The molecule has 1 atom stereocenters. The maximum absolute atomic E-state index is 15.1. The smallest absolute Gasteiger partial charge is 0.490 e. The number of para-hydroxylation sites is 1. The SMILES string of the molecule is COc1cnc(-c2nn(Cc3c(F)cc(OCCOC(=O)[C@H](C)N)cc3F)c3ccccc23)nc1Nc1ccncc1.O=C(O)C(F)(F)F. The number of fused-ring (bicyclic) bond motifs is 1. The summed E-state index contributed by atoms with van der Waals surface area (Å²) in [7, 11) is 1.51. The molecule has 0 spiro atoms. The maximum atomic E-state index is 15.1. The number of hydrogen-bond acceptors (Lipinski definition) is 11. The Bertz CT molecular complexity index is 1900. The largest absolute Gasteiger partial charge is 0.491 e. The molecular formula is C31H28F5N7O6. The minimum absolute atomic E-state index is 0.0440. The molecule has 0 saturated heterocycles. The quantitative estimate of drug-likeness (QED) is 0.0976. The van der Waals surface area contributed by atoms with Gasteiger partial charge >= 0.3 is 18.1 Å². The number of hydrogen-bond donors (Lipinski definition) is 3. The molecule has 0 saturated carbocycles. The van der Waals surface area contributed by atoms with Crippen LogP contribution in [0.25, 0.3) is 22.4 Å². The van der Waals surface area contributed by atoms with E-state index in [1.54, 1.807) is 36.7 Å². The molecule has 0 fully saturated rings. The molecule has 0 aliphatic carbocycles. The molecule has 0 unspecified atom stereocenters. The van der Waals surface area contributed by atoms with Gasteiger partial charge in [-0.2, -0.15) is 18.3 Å². The number of carbonyl (C=O) groups is 2. The second kappa shape index (κ2) is 15.8. The van der Waals surface area contributed by atoms with Crippen LogP contribution in [0.2, 0.25) is 0 Å². The van der Waals surface area contributed by atoms with Gasteiger partial charge in [0.2, 0.25) is 0 Å². The van der Waals surface area contributed by atoms with Crippen molar-refractivity contribution in [1.29, 1.82) is 0 Å². The summed E-state index contributed by atoms with van der Waals surface area (Å²) in [6, 6.07) is 12.2. The van der Waals surface area contributed by atoms with Crippen molar-refractivity contribution in [2.45, 2.75) is 25.7 Å². The summed E-state index contributed by atoms with van der Waals surface area (Å²) in [6.45, 7) is 1.08. The Balaban J connectivity index is 0.000000698. The van der Waals surface area contributed by atoms with Crippen LogP contribution in [0.4, 0.5) is 33.5 Å². The number of pyridine rings is 1. The molecule has 18 heteroatoms. The number of nitrogens with one attached hydrogen (secondary N) is 1. The van der Waals surface area contributed by atoms with Crippen molar-refractivity contribution < 1.29 is 50.9 Å². The highest BCUT2D eigenvalue weighted by atomic mass is 19.4. The van der Waals surface area contributed by atoms with Crippen LogP contribution in [0.1, 0.15) is 12.5 Å². The molecule has 49 heavy (non-hydrogen) atoms. The van der Waals surface area contributed by atoms with E-state index in [4.69, 9.17) is 29.8 Å². The molecule has 2 aromatic carbocycles. The molecule has 0 aliphatic rings. The summed E-state index contributed by atoms with van der Waals surface area (Å²) < 4.78 is 79.1. The van der Waals surface area contributed by atoms with Gasteiger partial charge in [0.1, 0.15) is 42.3 Å². The van der Waals surface area contributed by atoms with E-state index in [0.29, 0.717) is 28.2 Å². The maximum Gasteiger partial charge on any atom is 0.490 e. The van der Waals surface area contributed by atoms with E-state index in [1.807, 2.05) is 12.1 Å². The summed E-state index contributed by atoms with van der Waals surface area (Å²) in [6.07, 6.45) is -0.276. The summed E-state index contributed by atoms with van der Waals surface area (Å²) in [5.74, 6) is -3.92. The number of nitrogens with zero attached hydrogens (tertiary/aromatic N) is 5. The van der Waals surface area contributed by atoms with Crippen LogP contribution >= 0.6 is 0 Å². The van der Waals surface area contributed by atoms with Gasteiger partial charge in [0, 0.05) is 41.2 Å². The van der Waals surface area contributed by atoms with Gasteiger partial charge in [-0.05, 0) is 25.1 Å². The topological polar surface area (TPSA) is 177 Å². The van der Waals surface area contributed by atoms with E-state index < -0.39 is 35.8 Å². The van der Waals surface area contributed by atoms with E-state index in [1.165, 1.54) is 24.9 Å². The number of halogens is 5. The average molecular weight is 690 g/mol. The minimum atomic E-state index is -5.08. The number of ether oxygens (including phenoxy) is 3. The summed E-state index contributed by atoms with van der Waals surface area (Å²) >= 11 is 0. The van der Waals surface area contributed by atoms with Crippen LogP contribution < -0.4 is 20.5 Å². The van der Waals surface area contributed by atoms with Gasteiger partial charge in [0.15, 0.2) is 17.4 Å². The first-order valence-electron chi connectivity index (χ1n) is 14.2. The van der Waals surface area contributed by atoms with Crippen molar-refractivity contribution in [2.24, 2.45) is 5.73 Å². The third kappa shape index (κ3) is 9.34. The van der Waals surface area contributed by atoms with Crippen molar-refractivity contribution in [3.63, 3.8) is 0 Å². The number of nitrogens with two attached hydrogens (primary N) is 1. The van der Waals surface area contributed by atoms with Crippen molar-refractivity contribution >= 4 is 34.3 Å². The third-order valence-electron chi connectivity index (χ3n) is 6.42. The number of alkyl halides is 3. The molecule has 3 heterocycles. The van der Waals surface area contributed by atoms with E-state index in [-0.39, 0.29) is 36.9 Å². The normalized spacial score (nSPS) is 11.7. The highest BCUT2D eigenvalue weighted by Crippen LogP contribution is 2.31. The van der Waals surface area contributed by atoms with Gasteiger partial charge < -0.3 is 30.4 Å². The Hall–Kier alpha value is -5.91. The lowest BCUT2D eigenvalue weighted by Gasteiger charge is -2.11. The second-order valence-corrected chi connectivity index (χ2v) is 9.97. The number of methoxy groups -OCH3 is 1.